The fourth-order valence-electron chi connectivity index (χ4n) is 2.92. The molecule has 0 saturated carbocycles. The van der Waals surface area contributed by atoms with Crippen LogP contribution in [0.15, 0.2) is 23.0 Å². The van der Waals surface area contributed by atoms with E-state index in [0.29, 0.717) is 12.0 Å². The molecule has 1 fully saturated rings. The molecule has 2 atom stereocenters. The third-order valence-electron chi connectivity index (χ3n) is 3.89. The first-order valence-corrected chi connectivity index (χ1v) is 6.29. The summed E-state index contributed by atoms with van der Waals surface area (Å²) in [5.41, 5.74) is 8.58. The van der Waals surface area contributed by atoms with Gasteiger partial charge in [-0.3, -0.25) is 4.90 Å². The molecule has 96 valence electrons. The zero-order valence-electron chi connectivity index (χ0n) is 10.4. The lowest BCUT2D eigenvalue weighted by atomic mass is 9.99. The van der Waals surface area contributed by atoms with Gasteiger partial charge in [-0.25, -0.2) is 4.79 Å². The van der Waals surface area contributed by atoms with Crippen LogP contribution in [0, 0.1) is 5.92 Å². The number of likely N-dealkylation sites (tertiary alicyclic amines) is 1. The minimum atomic E-state index is -0.151. The molecule has 0 aliphatic carbocycles. The number of H-pyrrole nitrogens is 2. The minimum Gasteiger partial charge on any atom is -0.330 e. The van der Waals surface area contributed by atoms with Crippen molar-refractivity contribution >= 4 is 11.0 Å². The molecule has 3 rings (SSSR count). The zero-order valence-corrected chi connectivity index (χ0v) is 10.4. The number of nitrogens with two attached hydrogens (primary N) is 1. The first-order chi connectivity index (χ1) is 8.67. The Balaban J connectivity index is 1.96. The molecular weight excluding hydrogens is 228 g/mol. The molecule has 1 aliphatic rings. The second kappa shape index (κ2) is 4.26. The summed E-state index contributed by atoms with van der Waals surface area (Å²) in [6, 6.07) is 6.52. The van der Waals surface area contributed by atoms with Crippen molar-refractivity contribution in [2.24, 2.45) is 11.7 Å². The Kier molecular flexibility index (Phi) is 2.72. The number of benzene rings is 1. The molecule has 2 aromatic rings. The Hall–Kier alpha value is -1.59. The monoisotopic (exact) mass is 246 g/mol. The molecule has 1 saturated heterocycles. The summed E-state index contributed by atoms with van der Waals surface area (Å²) in [6.07, 6.45) is 1.09. The molecule has 5 heteroatoms. The van der Waals surface area contributed by atoms with Crippen LogP contribution < -0.4 is 11.4 Å². The Labute approximate surface area is 105 Å². The largest absolute Gasteiger partial charge is 0.330 e. The van der Waals surface area contributed by atoms with Crippen LogP contribution in [0.25, 0.3) is 11.0 Å². The van der Waals surface area contributed by atoms with Gasteiger partial charge in [0, 0.05) is 12.6 Å². The number of fused-ring (bicyclic) bond motifs is 1. The van der Waals surface area contributed by atoms with Gasteiger partial charge in [0.05, 0.1) is 11.0 Å². The van der Waals surface area contributed by atoms with Gasteiger partial charge in [-0.1, -0.05) is 6.07 Å². The molecule has 2 unspecified atom stereocenters. The molecule has 2 heterocycles. The number of hydrogen-bond acceptors (Lipinski definition) is 3. The normalized spacial score (nSPS) is 25.0. The number of aromatic amines is 2. The number of aromatic nitrogens is 2. The molecule has 0 bridgehead atoms. The van der Waals surface area contributed by atoms with E-state index < -0.39 is 0 Å². The van der Waals surface area contributed by atoms with E-state index in [1.807, 2.05) is 6.07 Å². The van der Waals surface area contributed by atoms with Gasteiger partial charge in [0.2, 0.25) is 0 Å². The van der Waals surface area contributed by atoms with Crippen molar-refractivity contribution in [1.29, 1.82) is 0 Å². The summed E-state index contributed by atoms with van der Waals surface area (Å²) in [7, 11) is 2.13. The average molecular weight is 246 g/mol. The van der Waals surface area contributed by atoms with Gasteiger partial charge in [-0.15, -0.1) is 0 Å². The highest BCUT2D eigenvalue weighted by Crippen LogP contribution is 2.34. The smallest absolute Gasteiger partial charge is 0.323 e. The van der Waals surface area contributed by atoms with Crippen LogP contribution in [0.2, 0.25) is 0 Å². The molecule has 0 radical (unpaired) electrons. The molecule has 5 nitrogen and oxygen atoms in total. The van der Waals surface area contributed by atoms with E-state index >= 15 is 0 Å². The van der Waals surface area contributed by atoms with Gasteiger partial charge in [0.1, 0.15) is 0 Å². The third kappa shape index (κ3) is 1.85. The maximum atomic E-state index is 11.2. The van der Waals surface area contributed by atoms with Crippen molar-refractivity contribution in [2.75, 3.05) is 20.1 Å². The summed E-state index contributed by atoms with van der Waals surface area (Å²) >= 11 is 0. The third-order valence-corrected chi connectivity index (χ3v) is 3.89. The number of rotatable bonds is 2. The van der Waals surface area contributed by atoms with Gasteiger partial charge in [-0.05, 0) is 43.6 Å². The number of hydrogen-bond donors (Lipinski definition) is 3. The first kappa shape index (κ1) is 11.5. The van der Waals surface area contributed by atoms with E-state index in [-0.39, 0.29) is 5.69 Å². The van der Waals surface area contributed by atoms with Crippen molar-refractivity contribution < 1.29 is 0 Å². The maximum absolute atomic E-state index is 11.2. The van der Waals surface area contributed by atoms with Crippen LogP contribution in [0.4, 0.5) is 0 Å². The van der Waals surface area contributed by atoms with Gasteiger partial charge in [-0.2, -0.15) is 0 Å². The Morgan fingerprint density at radius 3 is 2.89 bits per heavy atom. The molecule has 18 heavy (non-hydrogen) atoms. The maximum Gasteiger partial charge on any atom is 0.323 e. The molecule has 1 aliphatic heterocycles. The lowest BCUT2D eigenvalue weighted by Crippen LogP contribution is -2.20. The SMILES string of the molecule is CN1CC(CN)CC1c1ccc2[nH]c(=O)[nH]c2c1. The summed E-state index contributed by atoms with van der Waals surface area (Å²) in [4.78, 5) is 19.2. The predicted molar refractivity (Wildman–Crippen MR) is 71.5 cm³/mol. The van der Waals surface area contributed by atoms with Crippen molar-refractivity contribution in [1.82, 2.24) is 14.9 Å². The molecule has 1 aromatic heterocycles. The van der Waals surface area contributed by atoms with E-state index in [1.165, 1.54) is 5.56 Å². The molecular formula is C13H18N4O. The van der Waals surface area contributed by atoms with E-state index in [0.717, 1.165) is 30.5 Å². The first-order valence-electron chi connectivity index (χ1n) is 6.29. The number of imidazole rings is 1. The Bertz CT molecular complexity index is 615. The molecule has 1 aromatic carbocycles. The van der Waals surface area contributed by atoms with Crippen LogP contribution in [0.5, 0.6) is 0 Å². The van der Waals surface area contributed by atoms with Gasteiger partial charge < -0.3 is 15.7 Å². The number of nitrogens with zero attached hydrogens (tertiary/aromatic N) is 1. The van der Waals surface area contributed by atoms with Crippen molar-refractivity contribution in [2.45, 2.75) is 12.5 Å². The van der Waals surface area contributed by atoms with Crippen molar-refractivity contribution in [3.8, 4) is 0 Å². The molecule has 4 N–H and O–H groups in total. The Morgan fingerprint density at radius 1 is 1.39 bits per heavy atom. The molecule has 0 amide bonds. The minimum absolute atomic E-state index is 0.151. The van der Waals surface area contributed by atoms with Crippen LogP contribution in [0.3, 0.4) is 0 Å². The predicted octanol–water partition coefficient (Wildman–Crippen LogP) is 0.808. The van der Waals surface area contributed by atoms with Crippen LogP contribution >= 0.6 is 0 Å². The molecule has 0 spiro atoms. The fourth-order valence-corrected chi connectivity index (χ4v) is 2.92. The van der Waals surface area contributed by atoms with E-state index in [4.69, 9.17) is 5.73 Å². The van der Waals surface area contributed by atoms with E-state index in [9.17, 15) is 4.79 Å². The van der Waals surface area contributed by atoms with E-state index in [1.54, 1.807) is 0 Å². The van der Waals surface area contributed by atoms with Crippen LogP contribution in [-0.2, 0) is 0 Å². The lowest BCUT2D eigenvalue weighted by Gasteiger charge is -2.19. The van der Waals surface area contributed by atoms with Crippen LogP contribution in [-0.4, -0.2) is 35.0 Å². The quantitative estimate of drug-likeness (QED) is 0.733. The van der Waals surface area contributed by atoms with Crippen molar-refractivity contribution in [3.63, 3.8) is 0 Å². The fraction of sp³-hybridized carbons (Fsp3) is 0.462. The Morgan fingerprint density at radius 2 is 2.17 bits per heavy atom. The summed E-state index contributed by atoms with van der Waals surface area (Å²) in [6.45, 7) is 1.78. The second-order valence-electron chi connectivity index (χ2n) is 5.18. The topological polar surface area (TPSA) is 77.9 Å². The average Bonchev–Trinajstić information content (AvgIpc) is 2.89. The summed E-state index contributed by atoms with van der Waals surface area (Å²) in [5, 5.41) is 0. The highest BCUT2D eigenvalue weighted by molar-refractivity contribution is 5.75. The summed E-state index contributed by atoms with van der Waals surface area (Å²) < 4.78 is 0. The van der Waals surface area contributed by atoms with Gasteiger partial charge in [0.15, 0.2) is 0 Å². The highest BCUT2D eigenvalue weighted by Gasteiger charge is 2.29. The van der Waals surface area contributed by atoms with Gasteiger partial charge >= 0.3 is 5.69 Å². The van der Waals surface area contributed by atoms with Crippen molar-refractivity contribution in [3.05, 3.63) is 34.2 Å². The second-order valence-corrected chi connectivity index (χ2v) is 5.18. The van der Waals surface area contributed by atoms with E-state index in [2.05, 4.69) is 34.0 Å². The number of nitrogens with one attached hydrogen (secondary N) is 2. The van der Waals surface area contributed by atoms with Crippen LogP contribution in [0.1, 0.15) is 18.0 Å². The lowest BCUT2D eigenvalue weighted by molar-refractivity contribution is 0.314. The highest BCUT2D eigenvalue weighted by atomic mass is 16.1. The van der Waals surface area contributed by atoms with Gasteiger partial charge in [0.25, 0.3) is 0 Å². The standard InChI is InChI=1S/C13H18N4O/c1-17-7-8(6-14)4-12(17)9-2-3-10-11(5-9)16-13(18)15-10/h2-3,5,8,12H,4,6-7,14H2,1H3,(H2,15,16,18). The zero-order chi connectivity index (χ0) is 12.7. The summed E-state index contributed by atoms with van der Waals surface area (Å²) in [5.74, 6) is 0.570.